The minimum atomic E-state index is -1.82. The Labute approximate surface area is 215 Å². The number of esters is 2. The number of alkyl halides is 2. The Kier molecular flexibility index (Phi) is 8.28. The van der Waals surface area contributed by atoms with Gasteiger partial charge in [-0.1, -0.05) is 81.7 Å². The van der Waals surface area contributed by atoms with E-state index in [-0.39, 0.29) is 12.2 Å². The quantitative estimate of drug-likeness (QED) is 0.108. The van der Waals surface area contributed by atoms with Crippen LogP contribution in [0.5, 0.6) is 0 Å². The molecule has 4 aromatic carbocycles. The minimum absolute atomic E-state index is 0.247. The van der Waals surface area contributed by atoms with Crippen LogP contribution in [0.3, 0.4) is 0 Å². The zero-order chi connectivity index (χ0) is 25.5. The number of carbonyl (C=O) groups excluding carboxylic acids is 2. The van der Waals surface area contributed by atoms with Crippen LogP contribution in [0.15, 0.2) is 90.1 Å². The first kappa shape index (κ1) is 25.3. The lowest BCUT2D eigenvalue weighted by atomic mass is 10.1. The van der Waals surface area contributed by atoms with Crippen LogP contribution in [0, 0.1) is 0 Å². The molecule has 0 heterocycles. The highest BCUT2D eigenvalue weighted by atomic mass is 79.9. The summed E-state index contributed by atoms with van der Waals surface area (Å²) in [5.74, 6) is -1.30. The van der Waals surface area contributed by atoms with E-state index >= 15 is 0 Å². The van der Waals surface area contributed by atoms with Crippen LogP contribution < -0.4 is 0 Å². The first-order valence-corrected chi connectivity index (χ1v) is 12.1. The van der Waals surface area contributed by atoms with Crippen molar-refractivity contribution < 1.29 is 28.3 Å². The molecule has 0 bridgehead atoms. The van der Waals surface area contributed by atoms with Gasteiger partial charge in [0.1, 0.15) is 13.7 Å². The number of ether oxygens (including phenoxy) is 2. The van der Waals surface area contributed by atoms with Crippen molar-refractivity contribution in [2.24, 2.45) is 5.16 Å². The van der Waals surface area contributed by atoms with Crippen LogP contribution in [-0.2, 0) is 14.3 Å². The van der Waals surface area contributed by atoms with Gasteiger partial charge in [-0.2, -0.15) is 0 Å². The molecule has 0 aromatic heterocycles. The van der Waals surface area contributed by atoms with E-state index in [4.69, 9.17) is 9.47 Å². The van der Waals surface area contributed by atoms with Crippen molar-refractivity contribution in [3.63, 3.8) is 0 Å². The standard InChI is InChI=1S/C28H23BrFNO5/c1-34-31-16-25(30)26(36-28(33)23-13-11-19-7-3-5-9-21(19)15-23)24(29)17-35-27(32)22-12-10-18-6-2-4-8-20(18)14-22/h2-16,24-26H,17H2,1H3/t24-,25+,26+/m0/s1. The maximum atomic E-state index is 15.0. The molecular formula is C28H23BrFNO5. The topological polar surface area (TPSA) is 74.2 Å². The van der Waals surface area contributed by atoms with Crippen LogP contribution in [0.25, 0.3) is 21.5 Å². The highest BCUT2D eigenvalue weighted by Gasteiger charge is 2.33. The first-order valence-electron chi connectivity index (χ1n) is 11.2. The van der Waals surface area contributed by atoms with E-state index in [1.807, 2.05) is 54.6 Å². The molecule has 3 atom stereocenters. The fourth-order valence-electron chi connectivity index (χ4n) is 3.70. The molecule has 0 spiro atoms. The summed E-state index contributed by atoms with van der Waals surface area (Å²) in [4.78, 5) is 29.2. The second-order valence-corrected chi connectivity index (χ2v) is 9.17. The number of nitrogens with zero attached hydrogens (tertiary/aromatic N) is 1. The summed E-state index contributed by atoms with van der Waals surface area (Å²) in [5, 5.41) is 7.14. The number of oxime groups is 1. The summed E-state index contributed by atoms with van der Waals surface area (Å²) in [6.07, 6.45) is -2.28. The molecule has 0 aliphatic carbocycles. The van der Waals surface area contributed by atoms with Crippen molar-refractivity contribution in [2.45, 2.75) is 17.1 Å². The highest BCUT2D eigenvalue weighted by molar-refractivity contribution is 9.09. The predicted octanol–water partition coefficient (Wildman–Crippen LogP) is 6.11. The molecule has 6 nitrogen and oxygen atoms in total. The van der Waals surface area contributed by atoms with E-state index in [9.17, 15) is 14.0 Å². The molecule has 0 amide bonds. The van der Waals surface area contributed by atoms with Gasteiger partial charge in [0.15, 0.2) is 12.3 Å². The van der Waals surface area contributed by atoms with Crippen molar-refractivity contribution in [3.8, 4) is 0 Å². The SMILES string of the molecule is CON=C[C@@H](F)[C@H](OC(=O)c1ccc2ccccc2c1)[C@@H](Br)COC(=O)c1ccc2ccccc2c1. The molecule has 4 aromatic rings. The molecule has 0 saturated carbocycles. The summed E-state index contributed by atoms with van der Waals surface area (Å²) < 4.78 is 25.9. The Morgan fingerprint density at radius 2 is 1.39 bits per heavy atom. The smallest absolute Gasteiger partial charge is 0.338 e. The van der Waals surface area contributed by atoms with Crippen LogP contribution in [0.4, 0.5) is 4.39 Å². The predicted molar refractivity (Wildman–Crippen MR) is 140 cm³/mol. The summed E-state index contributed by atoms with van der Waals surface area (Å²) in [5.41, 5.74) is 0.623. The Hall–Kier alpha value is -3.78. The van der Waals surface area contributed by atoms with E-state index < -0.39 is 29.0 Å². The summed E-state index contributed by atoms with van der Waals surface area (Å²) >= 11 is 3.32. The van der Waals surface area contributed by atoms with Crippen LogP contribution in [-0.4, -0.2) is 49.0 Å². The monoisotopic (exact) mass is 551 g/mol. The third-order valence-electron chi connectivity index (χ3n) is 5.57. The molecule has 0 saturated heterocycles. The normalized spacial score (nSPS) is 13.9. The Balaban J connectivity index is 1.47. The molecular weight excluding hydrogens is 529 g/mol. The largest absolute Gasteiger partial charge is 0.461 e. The van der Waals surface area contributed by atoms with Gasteiger partial charge in [-0.05, 0) is 45.8 Å². The number of carbonyl (C=O) groups is 2. The molecule has 0 aliphatic rings. The first-order chi connectivity index (χ1) is 17.5. The highest BCUT2D eigenvalue weighted by Crippen LogP contribution is 2.22. The molecule has 184 valence electrons. The lowest BCUT2D eigenvalue weighted by molar-refractivity contribution is 0.00848. The van der Waals surface area contributed by atoms with Gasteiger partial charge in [0.25, 0.3) is 0 Å². The average molecular weight is 552 g/mol. The van der Waals surface area contributed by atoms with Crippen molar-refractivity contribution >= 4 is 55.6 Å². The van der Waals surface area contributed by atoms with Crippen molar-refractivity contribution in [1.82, 2.24) is 0 Å². The Morgan fingerprint density at radius 3 is 1.94 bits per heavy atom. The number of benzene rings is 4. The molecule has 0 unspecified atom stereocenters. The average Bonchev–Trinajstić information content (AvgIpc) is 2.92. The van der Waals surface area contributed by atoms with Crippen molar-refractivity contribution in [3.05, 3.63) is 96.1 Å². The number of halogens is 2. The molecule has 8 heteroatoms. The van der Waals surface area contributed by atoms with Gasteiger partial charge >= 0.3 is 11.9 Å². The van der Waals surface area contributed by atoms with Gasteiger partial charge in [0, 0.05) is 0 Å². The van der Waals surface area contributed by atoms with Crippen molar-refractivity contribution in [1.29, 1.82) is 0 Å². The molecule has 0 radical (unpaired) electrons. The van der Waals surface area contributed by atoms with Gasteiger partial charge in [0.05, 0.1) is 22.2 Å². The van der Waals surface area contributed by atoms with Gasteiger partial charge in [-0.25, -0.2) is 14.0 Å². The molecule has 0 fully saturated rings. The van der Waals surface area contributed by atoms with Crippen molar-refractivity contribution in [2.75, 3.05) is 13.7 Å². The summed E-state index contributed by atoms with van der Waals surface area (Å²) in [7, 11) is 1.27. The molecule has 36 heavy (non-hydrogen) atoms. The van der Waals surface area contributed by atoms with Crippen LogP contribution >= 0.6 is 15.9 Å². The van der Waals surface area contributed by atoms with E-state index in [1.54, 1.807) is 30.3 Å². The molecule has 4 rings (SSSR count). The maximum Gasteiger partial charge on any atom is 0.338 e. The Morgan fingerprint density at radius 1 is 0.861 bits per heavy atom. The van der Waals surface area contributed by atoms with Gasteiger partial charge in [-0.3, -0.25) is 0 Å². The van der Waals surface area contributed by atoms with Crippen LogP contribution in [0.2, 0.25) is 0 Å². The summed E-state index contributed by atoms with van der Waals surface area (Å²) in [6, 6.07) is 25.5. The van der Waals surface area contributed by atoms with E-state index in [0.717, 1.165) is 27.8 Å². The fraction of sp³-hybridized carbons (Fsp3) is 0.179. The zero-order valence-corrected chi connectivity index (χ0v) is 20.9. The van der Waals surface area contributed by atoms with Gasteiger partial charge in [0.2, 0.25) is 0 Å². The number of rotatable bonds is 9. The fourth-order valence-corrected chi connectivity index (χ4v) is 4.23. The van der Waals surface area contributed by atoms with Crippen LogP contribution in [0.1, 0.15) is 20.7 Å². The molecule has 0 N–H and O–H groups in total. The lowest BCUT2D eigenvalue weighted by Crippen LogP contribution is -2.39. The zero-order valence-electron chi connectivity index (χ0n) is 19.3. The van der Waals surface area contributed by atoms with Gasteiger partial charge in [-0.15, -0.1) is 0 Å². The van der Waals surface area contributed by atoms with E-state index in [1.165, 1.54) is 7.11 Å². The third-order valence-corrected chi connectivity index (χ3v) is 6.35. The second kappa shape index (κ2) is 11.8. The number of hydrogen-bond donors (Lipinski definition) is 0. The number of fused-ring (bicyclic) bond motifs is 2. The Bertz CT molecular complexity index is 1410. The molecule has 0 aliphatic heterocycles. The number of hydrogen-bond acceptors (Lipinski definition) is 6. The van der Waals surface area contributed by atoms with Gasteiger partial charge < -0.3 is 14.3 Å². The third kappa shape index (κ3) is 6.07. The van der Waals surface area contributed by atoms with E-state index in [2.05, 4.69) is 25.9 Å². The maximum absolute atomic E-state index is 15.0. The second-order valence-electron chi connectivity index (χ2n) is 7.99. The van der Waals surface area contributed by atoms with E-state index in [0.29, 0.717) is 5.56 Å². The summed E-state index contributed by atoms with van der Waals surface area (Å²) in [6.45, 7) is -0.247. The lowest BCUT2D eigenvalue weighted by Gasteiger charge is -2.24. The minimum Gasteiger partial charge on any atom is -0.461 e.